The van der Waals surface area contributed by atoms with Crippen molar-refractivity contribution in [2.24, 2.45) is 0 Å². The van der Waals surface area contributed by atoms with Crippen molar-refractivity contribution >= 4 is 22.9 Å². The van der Waals surface area contributed by atoms with Gasteiger partial charge in [-0.25, -0.2) is 0 Å². The van der Waals surface area contributed by atoms with Crippen LogP contribution >= 0.6 is 11.3 Å². The Morgan fingerprint density at radius 3 is 2.70 bits per heavy atom. The van der Waals surface area contributed by atoms with E-state index in [1.165, 1.54) is 4.88 Å². The number of hydrogen-bond donors (Lipinski definition) is 2. The molecule has 0 atom stereocenters. The van der Waals surface area contributed by atoms with Crippen molar-refractivity contribution in [1.29, 1.82) is 0 Å². The molecule has 2 heterocycles. The summed E-state index contributed by atoms with van der Waals surface area (Å²) in [7, 11) is 0. The second kappa shape index (κ2) is 5.30. The highest BCUT2D eigenvalue weighted by Crippen LogP contribution is 2.26. The fourth-order valence-electron chi connectivity index (χ4n) is 1.86. The highest BCUT2D eigenvalue weighted by Gasteiger charge is 2.12. The van der Waals surface area contributed by atoms with E-state index in [2.05, 4.69) is 15.5 Å². The number of thiophene rings is 1. The lowest BCUT2D eigenvalue weighted by molar-refractivity contribution is 0.102. The number of aryl methyl sites for hydroxylation is 1. The van der Waals surface area contributed by atoms with Gasteiger partial charge in [0, 0.05) is 10.6 Å². The number of aromatic nitrogens is 2. The fourth-order valence-corrected chi connectivity index (χ4v) is 2.69. The summed E-state index contributed by atoms with van der Waals surface area (Å²) in [6.07, 6.45) is 0. The first-order valence-electron chi connectivity index (χ1n) is 6.21. The van der Waals surface area contributed by atoms with Crippen LogP contribution in [0.25, 0.3) is 10.6 Å². The normalized spacial score (nSPS) is 10.4. The molecule has 1 aromatic carbocycles. The first kappa shape index (κ1) is 12.6. The van der Waals surface area contributed by atoms with E-state index >= 15 is 0 Å². The van der Waals surface area contributed by atoms with Gasteiger partial charge in [0.05, 0.1) is 10.6 Å². The zero-order valence-electron chi connectivity index (χ0n) is 10.9. The van der Waals surface area contributed by atoms with Crippen molar-refractivity contribution in [2.75, 3.05) is 5.32 Å². The third kappa shape index (κ3) is 2.62. The van der Waals surface area contributed by atoms with Gasteiger partial charge in [0.15, 0.2) is 5.69 Å². The molecule has 2 N–H and O–H groups in total. The lowest BCUT2D eigenvalue weighted by atomic mass is 10.3. The molecule has 3 aromatic rings. The van der Waals surface area contributed by atoms with Crippen molar-refractivity contribution < 1.29 is 4.79 Å². The molecule has 0 saturated heterocycles. The van der Waals surface area contributed by atoms with E-state index in [1.807, 2.05) is 49.4 Å². The zero-order chi connectivity index (χ0) is 13.9. The second-order valence-electron chi connectivity index (χ2n) is 4.40. The predicted molar refractivity (Wildman–Crippen MR) is 81.0 cm³/mol. The minimum atomic E-state index is -0.216. The summed E-state index contributed by atoms with van der Waals surface area (Å²) in [5.41, 5.74) is 2.00. The Labute approximate surface area is 120 Å². The van der Waals surface area contributed by atoms with Crippen LogP contribution in [0.15, 0.2) is 48.5 Å². The van der Waals surface area contributed by atoms with E-state index in [-0.39, 0.29) is 5.91 Å². The van der Waals surface area contributed by atoms with Gasteiger partial charge in [0.25, 0.3) is 5.91 Å². The molecule has 0 spiro atoms. The molecule has 0 radical (unpaired) electrons. The highest BCUT2D eigenvalue weighted by atomic mass is 32.1. The number of rotatable bonds is 3. The number of anilines is 1. The molecule has 0 aliphatic rings. The summed E-state index contributed by atoms with van der Waals surface area (Å²) < 4.78 is 0. The predicted octanol–water partition coefficient (Wildman–Crippen LogP) is 3.70. The molecular weight excluding hydrogens is 270 g/mol. The topological polar surface area (TPSA) is 57.8 Å². The number of carbonyl (C=O) groups excluding carboxylic acids is 1. The van der Waals surface area contributed by atoms with Crippen molar-refractivity contribution in [1.82, 2.24) is 10.2 Å². The lowest BCUT2D eigenvalue weighted by Gasteiger charge is -2.01. The van der Waals surface area contributed by atoms with E-state index in [1.54, 1.807) is 17.4 Å². The van der Waals surface area contributed by atoms with Gasteiger partial charge in [0.2, 0.25) is 0 Å². The number of nitrogens with zero attached hydrogens (tertiary/aromatic N) is 1. The Kier molecular flexibility index (Phi) is 3.35. The van der Waals surface area contributed by atoms with Crippen LogP contribution < -0.4 is 5.32 Å². The summed E-state index contributed by atoms with van der Waals surface area (Å²) in [5, 5.41) is 9.78. The number of aromatic amines is 1. The van der Waals surface area contributed by atoms with Gasteiger partial charge in [0.1, 0.15) is 0 Å². The number of nitrogens with one attached hydrogen (secondary N) is 2. The van der Waals surface area contributed by atoms with E-state index in [9.17, 15) is 4.79 Å². The Balaban J connectivity index is 1.78. The SMILES string of the molecule is Cc1ccc(-c2cc(C(=O)Nc3ccccc3)n[nH]2)s1. The minimum Gasteiger partial charge on any atom is -0.321 e. The van der Waals surface area contributed by atoms with E-state index in [0.717, 1.165) is 16.3 Å². The largest absolute Gasteiger partial charge is 0.321 e. The van der Waals surface area contributed by atoms with Crippen LogP contribution in [-0.4, -0.2) is 16.1 Å². The summed E-state index contributed by atoms with van der Waals surface area (Å²) in [5.74, 6) is -0.216. The number of carbonyl (C=O) groups is 1. The smallest absolute Gasteiger partial charge is 0.276 e. The Morgan fingerprint density at radius 1 is 1.20 bits per heavy atom. The van der Waals surface area contributed by atoms with E-state index in [4.69, 9.17) is 0 Å². The summed E-state index contributed by atoms with van der Waals surface area (Å²) in [6, 6.07) is 15.2. The zero-order valence-corrected chi connectivity index (χ0v) is 11.7. The number of amides is 1. The molecule has 4 nitrogen and oxygen atoms in total. The summed E-state index contributed by atoms with van der Waals surface area (Å²) >= 11 is 1.67. The summed E-state index contributed by atoms with van der Waals surface area (Å²) in [4.78, 5) is 14.4. The van der Waals surface area contributed by atoms with Gasteiger partial charge in [-0.1, -0.05) is 18.2 Å². The lowest BCUT2D eigenvalue weighted by Crippen LogP contribution is -2.12. The van der Waals surface area contributed by atoms with E-state index < -0.39 is 0 Å². The Bertz CT molecular complexity index is 730. The molecule has 2 aromatic heterocycles. The molecule has 0 aliphatic carbocycles. The quantitative estimate of drug-likeness (QED) is 0.770. The minimum absolute atomic E-state index is 0.216. The van der Waals surface area contributed by atoms with Crippen molar-refractivity contribution in [3.05, 3.63) is 59.1 Å². The maximum absolute atomic E-state index is 12.1. The van der Waals surface area contributed by atoms with Crippen molar-refractivity contribution in [3.8, 4) is 10.6 Å². The van der Waals surface area contributed by atoms with E-state index in [0.29, 0.717) is 5.69 Å². The van der Waals surface area contributed by atoms with Gasteiger partial charge in [-0.2, -0.15) is 5.10 Å². The van der Waals surface area contributed by atoms with Crippen LogP contribution in [0.4, 0.5) is 5.69 Å². The molecule has 0 saturated carbocycles. The molecule has 20 heavy (non-hydrogen) atoms. The molecule has 0 unspecified atom stereocenters. The summed E-state index contributed by atoms with van der Waals surface area (Å²) in [6.45, 7) is 2.05. The molecule has 100 valence electrons. The molecule has 5 heteroatoms. The van der Waals surface area contributed by atoms with Gasteiger partial charge >= 0.3 is 0 Å². The second-order valence-corrected chi connectivity index (χ2v) is 5.69. The first-order chi connectivity index (χ1) is 9.72. The fraction of sp³-hybridized carbons (Fsp3) is 0.0667. The molecule has 1 amide bonds. The standard InChI is InChI=1S/C15H13N3OS/c1-10-7-8-14(20-10)12-9-13(18-17-12)15(19)16-11-5-3-2-4-6-11/h2-9H,1H3,(H,16,19)(H,17,18). The third-order valence-corrected chi connectivity index (χ3v) is 3.88. The first-order valence-corrected chi connectivity index (χ1v) is 7.02. The van der Waals surface area contributed by atoms with Crippen molar-refractivity contribution in [2.45, 2.75) is 6.92 Å². The van der Waals surface area contributed by atoms with Crippen LogP contribution in [-0.2, 0) is 0 Å². The number of H-pyrrole nitrogens is 1. The van der Waals surface area contributed by atoms with Gasteiger partial charge in [-0.3, -0.25) is 9.89 Å². The maximum atomic E-state index is 12.1. The Morgan fingerprint density at radius 2 is 2.00 bits per heavy atom. The molecule has 0 bridgehead atoms. The van der Waals surface area contributed by atoms with Crippen LogP contribution in [0.2, 0.25) is 0 Å². The van der Waals surface area contributed by atoms with Crippen LogP contribution in [0.1, 0.15) is 15.4 Å². The molecule has 0 aliphatic heterocycles. The maximum Gasteiger partial charge on any atom is 0.276 e. The molecule has 0 fully saturated rings. The number of hydrogen-bond acceptors (Lipinski definition) is 3. The van der Waals surface area contributed by atoms with Crippen LogP contribution in [0, 0.1) is 6.92 Å². The molecular formula is C15H13N3OS. The van der Waals surface area contributed by atoms with Gasteiger partial charge < -0.3 is 5.32 Å². The number of benzene rings is 1. The third-order valence-electron chi connectivity index (χ3n) is 2.85. The monoisotopic (exact) mass is 283 g/mol. The van der Waals surface area contributed by atoms with Gasteiger partial charge in [-0.05, 0) is 37.3 Å². The average Bonchev–Trinajstić information content (AvgIpc) is 3.08. The van der Waals surface area contributed by atoms with Crippen molar-refractivity contribution in [3.63, 3.8) is 0 Å². The van der Waals surface area contributed by atoms with Crippen LogP contribution in [0.3, 0.4) is 0 Å². The van der Waals surface area contributed by atoms with Gasteiger partial charge in [-0.15, -0.1) is 11.3 Å². The Hall–Kier alpha value is -2.40. The number of para-hydroxylation sites is 1. The van der Waals surface area contributed by atoms with Crippen LogP contribution in [0.5, 0.6) is 0 Å². The highest BCUT2D eigenvalue weighted by molar-refractivity contribution is 7.15. The average molecular weight is 283 g/mol. The molecule has 3 rings (SSSR count).